The zero-order valence-corrected chi connectivity index (χ0v) is 25.6. The number of carbonyl (C=O) groups excluding carboxylic acids is 3. The lowest BCUT2D eigenvalue weighted by molar-refractivity contribution is -0.144. The molecule has 1 N–H and O–H groups in total. The molecule has 42 heavy (non-hydrogen) atoms. The normalized spacial score (nSPS) is 20.6. The van der Waals surface area contributed by atoms with Gasteiger partial charge in [-0.1, -0.05) is 60.7 Å². The van der Waals surface area contributed by atoms with Gasteiger partial charge in [-0.25, -0.2) is 9.59 Å². The Morgan fingerprint density at radius 2 is 1.21 bits per heavy atom. The highest BCUT2D eigenvalue weighted by molar-refractivity contribution is 5.71. The second-order valence-corrected chi connectivity index (χ2v) is 12.2. The Bertz CT molecular complexity index is 1160. The van der Waals surface area contributed by atoms with Crippen LogP contribution in [-0.4, -0.2) is 71.7 Å². The molecular formula is C32H44N2O8. The van der Waals surface area contributed by atoms with Crippen molar-refractivity contribution in [1.29, 1.82) is 0 Å². The van der Waals surface area contributed by atoms with Gasteiger partial charge in [-0.15, -0.1) is 0 Å². The number of hydrogen-bond acceptors (Lipinski definition) is 8. The largest absolute Gasteiger partial charge is 0.464 e. The Morgan fingerprint density at radius 3 is 1.67 bits per heavy atom. The van der Waals surface area contributed by atoms with Crippen LogP contribution in [0.15, 0.2) is 60.7 Å². The molecule has 2 aromatic rings. The minimum Gasteiger partial charge on any atom is -0.464 e. The third-order valence-corrected chi connectivity index (χ3v) is 6.28. The third-order valence-electron chi connectivity index (χ3n) is 6.28. The summed E-state index contributed by atoms with van der Waals surface area (Å²) in [4.78, 5) is 39.8. The number of amides is 2. The average molecular weight is 585 g/mol. The lowest BCUT2D eigenvalue weighted by atomic mass is 10.1. The van der Waals surface area contributed by atoms with Gasteiger partial charge in [-0.2, -0.15) is 0 Å². The van der Waals surface area contributed by atoms with E-state index < -0.39 is 53.6 Å². The van der Waals surface area contributed by atoms with Crippen molar-refractivity contribution in [1.82, 2.24) is 10.2 Å². The van der Waals surface area contributed by atoms with Crippen LogP contribution in [0.3, 0.4) is 0 Å². The summed E-state index contributed by atoms with van der Waals surface area (Å²) >= 11 is 0. The molecule has 0 unspecified atom stereocenters. The standard InChI is InChI=1S/C32H44N2O8/c1-22(35)38-21-26-28(40-20-24-16-12-9-13-17-24)27(39-19-23-14-10-8-11-15-23)25(18-33-29(36)41-31(2,3)4)34(26)30(37)42-32(5,6)7/h8-17,25-28H,18-21H2,1-7H3,(H,33,36)/t25-,26+,27-,28-/m1/s1. The molecule has 2 aromatic carbocycles. The number of ether oxygens (including phenoxy) is 5. The third kappa shape index (κ3) is 10.3. The Labute approximate surface area is 248 Å². The summed E-state index contributed by atoms with van der Waals surface area (Å²) in [6.07, 6.45) is -2.74. The maximum Gasteiger partial charge on any atom is 0.411 e. The van der Waals surface area contributed by atoms with Gasteiger partial charge in [0.05, 0.1) is 25.3 Å². The van der Waals surface area contributed by atoms with Crippen molar-refractivity contribution in [3.8, 4) is 0 Å². The first kappa shape index (κ1) is 32.9. The van der Waals surface area contributed by atoms with Crippen LogP contribution in [0.1, 0.15) is 59.6 Å². The molecule has 1 aliphatic heterocycles. The SMILES string of the molecule is CC(=O)OC[C@H]1[C@@H](OCc2ccccc2)[C@H](OCc2ccccc2)[C@@H](CNC(=O)OC(C)(C)C)N1C(=O)OC(C)(C)C. The van der Waals surface area contributed by atoms with E-state index >= 15 is 0 Å². The Kier molecular flexibility index (Phi) is 11.4. The van der Waals surface area contributed by atoms with Crippen LogP contribution < -0.4 is 5.32 Å². The fourth-order valence-corrected chi connectivity index (χ4v) is 4.63. The van der Waals surface area contributed by atoms with E-state index in [1.54, 1.807) is 41.5 Å². The summed E-state index contributed by atoms with van der Waals surface area (Å²) in [5.41, 5.74) is 0.317. The number of likely N-dealkylation sites (tertiary alicyclic amines) is 1. The number of alkyl carbamates (subject to hydrolysis) is 1. The number of rotatable bonds is 10. The molecule has 0 bridgehead atoms. The van der Waals surface area contributed by atoms with Crippen LogP contribution >= 0.6 is 0 Å². The molecule has 1 heterocycles. The summed E-state index contributed by atoms with van der Waals surface area (Å²) in [5, 5.41) is 2.78. The fraction of sp³-hybridized carbons (Fsp3) is 0.531. The summed E-state index contributed by atoms with van der Waals surface area (Å²) in [5.74, 6) is -0.502. The molecule has 1 saturated heterocycles. The van der Waals surface area contributed by atoms with Crippen molar-refractivity contribution >= 4 is 18.2 Å². The second kappa shape index (κ2) is 14.5. The van der Waals surface area contributed by atoms with E-state index in [1.165, 1.54) is 11.8 Å². The summed E-state index contributed by atoms with van der Waals surface area (Å²) in [6.45, 7) is 12.2. The van der Waals surface area contributed by atoms with Crippen molar-refractivity contribution in [2.45, 2.75) is 97.2 Å². The van der Waals surface area contributed by atoms with Crippen molar-refractivity contribution in [3.05, 3.63) is 71.8 Å². The molecule has 0 spiro atoms. The molecule has 2 amide bonds. The minimum atomic E-state index is -0.810. The van der Waals surface area contributed by atoms with Gasteiger partial charge in [0.2, 0.25) is 0 Å². The number of esters is 1. The molecule has 1 aliphatic rings. The Hall–Kier alpha value is -3.63. The molecule has 3 rings (SSSR count). The van der Waals surface area contributed by atoms with E-state index in [0.717, 1.165) is 11.1 Å². The predicted octanol–water partition coefficient (Wildman–Crippen LogP) is 5.23. The summed E-state index contributed by atoms with van der Waals surface area (Å²) < 4.78 is 29.6. The maximum absolute atomic E-state index is 13.7. The number of nitrogens with zero attached hydrogens (tertiary/aromatic N) is 1. The van der Waals surface area contributed by atoms with E-state index in [-0.39, 0.29) is 26.4 Å². The van der Waals surface area contributed by atoms with Gasteiger partial charge in [0.15, 0.2) is 0 Å². The molecule has 10 nitrogen and oxygen atoms in total. The Morgan fingerprint density at radius 1 is 0.738 bits per heavy atom. The number of nitrogens with one attached hydrogen (secondary N) is 1. The van der Waals surface area contributed by atoms with Crippen LogP contribution in [0.4, 0.5) is 9.59 Å². The first-order chi connectivity index (χ1) is 19.7. The predicted molar refractivity (Wildman–Crippen MR) is 157 cm³/mol. The zero-order valence-electron chi connectivity index (χ0n) is 25.6. The van der Waals surface area contributed by atoms with Crippen molar-refractivity contribution in [3.63, 3.8) is 0 Å². The van der Waals surface area contributed by atoms with Crippen LogP contribution in [0.2, 0.25) is 0 Å². The fourth-order valence-electron chi connectivity index (χ4n) is 4.63. The molecule has 0 aliphatic carbocycles. The maximum atomic E-state index is 13.7. The van der Waals surface area contributed by atoms with Gasteiger partial charge in [-0.05, 0) is 52.7 Å². The second-order valence-electron chi connectivity index (χ2n) is 12.2. The lowest BCUT2D eigenvalue weighted by Gasteiger charge is -2.33. The van der Waals surface area contributed by atoms with Crippen molar-refractivity contribution in [2.24, 2.45) is 0 Å². The van der Waals surface area contributed by atoms with Crippen LogP contribution in [0, 0.1) is 0 Å². The van der Waals surface area contributed by atoms with Gasteiger partial charge >= 0.3 is 18.2 Å². The van der Waals surface area contributed by atoms with Gasteiger partial charge < -0.3 is 29.0 Å². The van der Waals surface area contributed by atoms with Crippen molar-refractivity contribution < 1.29 is 38.1 Å². The zero-order chi connectivity index (χ0) is 30.9. The molecular weight excluding hydrogens is 540 g/mol. The van der Waals surface area contributed by atoms with Gasteiger partial charge in [0.1, 0.15) is 30.0 Å². The summed E-state index contributed by atoms with van der Waals surface area (Å²) in [7, 11) is 0. The lowest BCUT2D eigenvalue weighted by Crippen LogP contribution is -2.52. The topological polar surface area (TPSA) is 113 Å². The van der Waals surface area contributed by atoms with E-state index in [1.807, 2.05) is 60.7 Å². The van der Waals surface area contributed by atoms with E-state index in [9.17, 15) is 14.4 Å². The van der Waals surface area contributed by atoms with Gasteiger partial charge in [0, 0.05) is 13.5 Å². The first-order valence-electron chi connectivity index (χ1n) is 14.2. The average Bonchev–Trinajstić information content (AvgIpc) is 3.19. The highest BCUT2D eigenvalue weighted by atomic mass is 16.6. The first-order valence-corrected chi connectivity index (χ1v) is 14.2. The molecule has 0 radical (unpaired) electrons. The van der Waals surface area contributed by atoms with E-state index in [4.69, 9.17) is 23.7 Å². The highest BCUT2D eigenvalue weighted by Crippen LogP contribution is 2.33. The molecule has 4 atom stereocenters. The molecule has 1 fully saturated rings. The van der Waals surface area contributed by atoms with E-state index in [0.29, 0.717) is 0 Å². The number of carbonyl (C=O) groups is 3. The minimum absolute atomic E-state index is 0.0185. The highest BCUT2D eigenvalue weighted by Gasteiger charge is 2.54. The number of benzene rings is 2. The molecule has 0 saturated carbocycles. The van der Waals surface area contributed by atoms with Crippen LogP contribution in [-0.2, 0) is 41.7 Å². The summed E-state index contributed by atoms with van der Waals surface area (Å²) in [6, 6.07) is 17.7. The van der Waals surface area contributed by atoms with Crippen LogP contribution in [0.25, 0.3) is 0 Å². The molecule has 10 heteroatoms. The van der Waals surface area contributed by atoms with Gasteiger partial charge in [-0.3, -0.25) is 9.69 Å². The Balaban J connectivity index is 2.00. The number of hydrogen-bond donors (Lipinski definition) is 1. The molecule has 0 aromatic heterocycles. The quantitative estimate of drug-likeness (QED) is 0.298. The van der Waals surface area contributed by atoms with Crippen molar-refractivity contribution in [2.75, 3.05) is 13.2 Å². The smallest absolute Gasteiger partial charge is 0.411 e. The van der Waals surface area contributed by atoms with Gasteiger partial charge in [0.25, 0.3) is 0 Å². The van der Waals surface area contributed by atoms with E-state index in [2.05, 4.69) is 5.32 Å². The molecule has 230 valence electrons. The monoisotopic (exact) mass is 584 g/mol. The van der Waals surface area contributed by atoms with Crippen LogP contribution in [0.5, 0.6) is 0 Å².